The smallest absolute Gasteiger partial charge is 0.309 e. The number of aromatic nitrogens is 4. The van der Waals surface area contributed by atoms with Crippen molar-refractivity contribution in [2.45, 2.75) is 18.1 Å². The van der Waals surface area contributed by atoms with E-state index in [0.717, 1.165) is 23.1 Å². The molecule has 132 valence electrons. The van der Waals surface area contributed by atoms with Crippen LogP contribution in [0.15, 0.2) is 39.0 Å². The summed E-state index contributed by atoms with van der Waals surface area (Å²) in [5.41, 5.74) is 0.728. The van der Waals surface area contributed by atoms with Crippen LogP contribution in [0.4, 0.5) is 0 Å². The molecule has 3 aromatic rings. The average molecular weight is 444 g/mol. The van der Waals surface area contributed by atoms with Crippen molar-refractivity contribution in [2.24, 2.45) is 7.05 Å². The number of imidazole rings is 1. The lowest BCUT2D eigenvalue weighted by molar-refractivity contribution is 0.728. The molecule has 0 saturated carbocycles. The molecule has 1 aromatic carbocycles. The van der Waals surface area contributed by atoms with Crippen LogP contribution in [-0.2, 0) is 13.6 Å². The minimum Gasteiger partial charge on any atom is -0.309 e. The Morgan fingerprint density at radius 2 is 2.08 bits per heavy atom. The molecule has 0 saturated heterocycles. The Bertz CT molecular complexity index is 1030. The van der Waals surface area contributed by atoms with Gasteiger partial charge in [0, 0.05) is 23.2 Å². The van der Waals surface area contributed by atoms with Gasteiger partial charge >= 0.3 is 5.69 Å². The third-order valence-electron chi connectivity index (χ3n) is 3.77. The molecule has 9 heteroatoms. The second kappa shape index (κ2) is 7.80. The highest BCUT2D eigenvalue weighted by Crippen LogP contribution is 2.25. The molecule has 1 N–H and O–H groups in total. The maximum absolute atomic E-state index is 12.4. The van der Waals surface area contributed by atoms with Crippen LogP contribution in [0.2, 0.25) is 5.02 Å². The number of halogens is 2. The summed E-state index contributed by atoms with van der Waals surface area (Å²) >= 11 is 11.2. The van der Waals surface area contributed by atoms with E-state index in [1.165, 1.54) is 4.57 Å². The molecule has 0 fully saturated rings. The van der Waals surface area contributed by atoms with Gasteiger partial charge in [-0.1, -0.05) is 57.5 Å². The molecule has 0 aliphatic rings. The fraction of sp³-hybridized carbons (Fsp3) is 0.312. The molecule has 0 radical (unpaired) electrons. The number of aromatic amines is 1. The molecule has 2 aromatic heterocycles. The molecular formula is C16H16BrClN4O2S. The molecule has 0 unspecified atom stereocenters. The zero-order valence-electron chi connectivity index (χ0n) is 13.5. The molecule has 0 aliphatic carbocycles. The van der Waals surface area contributed by atoms with Crippen molar-refractivity contribution in [3.8, 4) is 0 Å². The Balaban J connectivity index is 2.17. The first kappa shape index (κ1) is 18.3. The zero-order chi connectivity index (χ0) is 18.0. The van der Waals surface area contributed by atoms with E-state index in [2.05, 4.69) is 25.9 Å². The molecule has 0 bridgehead atoms. The average Bonchev–Trinajstić information content (AvgIpc) is 2.94. The van der Waals surface area contributed by atoms with Crippen molar-refractivity contribution in [1.29, 1.82) is 0 Å². The van der Waals surface area contributed by atoms with Crippen molar-refractivity contribution < 1.29 is 0 Å². The fourth-order valence-electron chi connectivity index (χ4n) is 2.49. The van der Waals surface area contributed by atoms with Gasteiger partial charge in [0.05, 0.1) is 6.54 Å². The summed E-state index contributed by atoms with van der Waals surface area (Å²) in [5, 5.41) is 2.22. The third kappa shape index (κ3) is 3.70. The van der Waals surface area contributed by atoms with Crippen molar-refractivity contribution in [2.75, 3.05) is 11.1 Å². The first-order valence-corrected chi connectivity index (χ1v) is 10.1. The van der Waals surface area contributed by atoms with E-state index in [-0.39, 0.29) is 0 Å². The van der Waals surface area contributed by atoms with E-state index in [1.54, 1.807) is 18.8 Å². The van der Waals surface area contributed by atoms with E-state index >= 15 is 0 Å². The molecule has 0 spiro atoms. The van der Waals surface area contributed by atoms with Gasteiger partial charge < -0.3 is 4.57 Å². The SMILES string of the molecule is Cn1c(=O)[nH]c(=O)c2c1nc(SCCCBr)n2Cc1ccccc1Cl. The summed E-state index contributed by atoms with van der Waals surface area (Å²) in [6.07, 6.45) is 0.968. The number of benzene rings is 1. The van der Waals surface area contributed by atoms with Gasteiger partial charge in [0.25, 0.3) is 5.56 Å². The van der Waals surface area contributed by atoms with Gasteiger partial charge in [-0.25, -0.2) is 9.78 Å². The Morgan fingerprint density at radius 3 is 2.80 bits per heavy atom. The second-order valence-corrected chi connectivity index (χ2v) is 7.72. The summed E-state index contributed by atoms with van der Waals surface area (Å²) in [7, 11) is 1.60. The van der Waals surface area contributed by atoms with Gasteiger partial charge in [-0.2, -0.15) is 0 Å². The number of fused-ring (bicyclic) bond motifs is 1. The molecule has 0 aliphatic heterocycles. The monoisotopic (exact) mass is 442 g/mol. The number of rotatable bonds is 6. The highest BCUT2D eigenvalue weighted by Gasteiger charge is 2.18. The standard InChI is InChI=1S/C16H16BrClN4O2S/c1-21-13-12(14(23)20-15(21)24)22(16(19-13)25-8-4-7-17)9-10-5-2-3-6-11(10)18/h2-3,5-6H,4,7-9H2,1H3,(H,20,23,24). The molecule has 3 rings (SSSR count). The van der Waals surface area contributed by atoms with Crippen LogP contribution in [0.25, 0.3) is 11.2 Å². The Morgan fingerprint density at radius 1 is 1.32 bits per heavy atom. The lowest BCUT2D eigenvalue weighted by Crippen LogP contribution is -2.29. The number of alkyl halides is 1. The minimum absolute atomic E-state index is 0.377. The highest BCUT2D eigenvalue weighted by atomic mass is 79.9. The lowest BCUT2D eigenvalue weighted by Gasteiger charge is -2.09. The van der Waals surface area contributed by atoms with Crippen LogP contribution in [0.1, 0.15) is 12.0 Å². The summed E-state index contributed by atoms with van der Waals surface area (Å²) < 4.78 is 3.18. The molecule has 6 nitrogen and oxygen atoms in total. The zero-order valence-corrected chi connectivity index (χ0v) is 16.6. The van der Waals surface area contributed by atoms with Crippen LogP contribution in [0.3, 0.4) is 0 Å². The summed E-state index contributed by atoms with van der Waals surface area (Å²) in [5.74, 6) is 0.850. The number of hydrogen-bond acceptors (Lipinski definition) is 4. The number of thioether (sulfide) groups is 1. The predicted molar refractivity (Wildman–Crippen MR) is 105 cm³/mol. The Hall–Kier alpha value is -1.51. The highest BCUT2D eigenvalue weighted by molar-refractivity contribution is 9.09. The van der Waals surface area contributed by atoms with Crippen LogP contribution in [0, 0.1) is 0 Å². The van der Waals surface area contributed by atoms with Gasteiger partial charge in [0.15, 0.2) is 16.3 Å². The first-order chi connectivity index (χ1) is 12.0. The Labute approximate surface area is 161 Å². The number of aryl methyl sites for hydroxylation is 1. The van der Waals surface area contributed by atoms with E-state index in [4.69, 9.17) is 11.6 Å². The van der Waals surface area contributed by atoms with Crippen molar-refractivity contribution >= 4 is 50.5 Å². The van der Waals surface area contributed by atoms with Crippen LogP contribution >= 0.6 is 39.3 Å². The van der Waals surface area contributed by atoms with Gasteiger partial charge in [0.1, 0.15) is 0 Å². The van der Waals surface area contributed by atoms with Crippen molar-refractivity contribution in [1.82, 2.24) is 19.1 Å². The Kier molecular flexibility index (Phi) is 5.71. The lowest BCUT2D eigenvalue weighted by atomic mass is 10.2. The molecular weight excluding hydrogens is 428 g/mol. The fourth-order valence-corrected chi connectivity index (χ4v) is 4.27. The number of H-pyrrole nitrogens is 1. The quantitative estimate of drug-likeness (QED) is 0.361. The topological polar surface area (TPSA) is 72.7 Å². The van der Waals surface area contributed by atoms with Crippen molar-refractivity contribution in [3.63, 3.8) is 0 Å². The van der Waals surface area contributed by atoms with Gasteiger partial charge in [-0.05, 0) is 18.1 Å². The number of hydrogen-bond donors (Lipinski definition) is 1. The van der Waals surface area contributed by atoms with E-state index < -0.39 is 11.2 Å². The van der Waals surface area contributed by atoms with Crippen molar-refractivity contribution in [3.05, 3.63) is 55.7 Å². The molecule has 0 atom stereocenters. The number of nitrogens with one attached hydrogen (secondary N) is 1. The first-order valence-electron chi connectivity index (χ1n) is 7.64. The molecule has 2 heterocycles. The summed E-state index contributed by atoms with van der Waals surface area (Å²) in [4.78, 5) is 31.2. The predicted octanol–water partition coefficient (Wildman–Crippen LogP) is 3.00. The summed E-state index contributed by atoms with van der Waals surface area (Å²) in [6, 6.07) is 7.49. The van der Waals surface area contributed by atoms with Crippen LogP contribution in [-0.4, -0.2) is 30.2 Å². The largest absolute Gasteiger partial charge is 0.329 e. The van der Waals surface area contributed by atoms with E-state index in [9.17, 15) is 9.59 Å². The van der Waals surface area contributed by atoms with E-state index in [0.29, 0.717) is 27.9 Å². The third-order valence-corrected chi connectivity index (χ3v) is 5.76. The minimum atomic E-state index is -0.475. The summed E-state index contributed by atoms with van der Waals surface area (Å²) in [6.45, 7) is 0.411. The van der Waals surface area contributed by atoms with Gasteiger partial charge in [-0.15, -0.1) is 0 Å². The van der Waals surface area contributed by atoms with Gasteiger partial charge in [0.2, 0.25) is 0 Å². The van der Waals surface area contributed by atoms with Gasteiger partial charge in [-0.3, -0.25) is 14.3 Å². The molecule has 0 amide bonds. The maximum Gasteiger partial charge on any atom is 0.329 e. The van der Waals surface area contributed by atoms with E-state index in [1.807, 2.05) is 28.8 Å². The second-order valence-electron chi connectivity index (χ2n) is 5.45. The molecule has 25 heavy (non-hydrogen) atoms. The normalized spacial score (nSPS) is 11.3. The maximum atomic E-state index is 12.4. The van der Waals surface area contributed by atoms with Crippen LogP contribution < -0.4 is 11.2 Å². The number of nitrogens with zero attached hydrogens (tertiary/aromatic N) is 3. The van der Waals surface area contributed by atoms with Crippen LogP contribution in [0.5, 0.6) is 0 Å².